The highest BCUT2D eigenvalue weighted by Crippen LogP contribution is 2.59. The average Bonchev–Trinajstić information content (AvgIpc) is 3.62. The molecule has 5 heterocycles. The van der Waals surface area contributed by atoms with Crippen molar-refractivity contribution in [1.29, 1.82) is 0 Å². The Morgan fingerprint density at radius 3 is 2.42 bits per heavy atom. The Morgan fingerprint density at radius 1 is 0.958 bits per heavy atom. The minimum atomic E-state index is -1.45. The summed E-state index contributed by atoms with van der Waals surface area (Å²) in [5, 5.41) is 19.2. The number of carbonyl (C=O) groups excluding carboxylic acids is 3. The van der Waals surface area contributed by atoms with Crippen LogP contribution in [0.3, 0.4) is 0 Å². The Hall–Kier alpha value is -4.55. The fraction of sp³-hybridized carbons (Fsp3) is 0.472. The van der Waals surface area contributed by atoms with E-state index in [4.69, 9.17) is 9.47 Å². The van der Waals surface area contributed by atoms with E-state index < -0.39 is 35.1 Å². The quantitative estimate of drug-likeness (QED) is 0.349. The van der Waals surface area contributed by atoms with Crippen molar-refractivity contribution in [3.63, 3.8) is 0 Å². The molecule has 2 saturated heterocycles. The van der Waals surface area contributed by atoms with Crippen molar-refractivity contribution in [2.24, 2.45) is 17.8 Å². The van der Waals surface area contributed by atoms with E-state index in [9.17, 15) is 19.5 Å². The van der Waals surface area contributed by atoms with Crippen LogP contribution in [0.5, 0.6) is 5.75 Å². The van der Waals surface area contributed by atoms with Crippen LogP contribution in [0.4, 0.5) is 5.69 Å². The van der Waals surface area contributed by atoms with Crippen molar-refractivity contribution in [2.75, 3.05) is 31.2 Å². The predicted octanol–water partition coefficient (Wildman–Crippen LogP) is 3.17. The number of hydrogen-bond acceptors (Lipinski definition) is 8. The molecular formula is C36H42N6O6. The number of amides is 3. The molecule has 1 N–H and O–H groups in total. The summed E-state index contributed by atoms with van der Waals surface area (Å²) < 4.78 is 14.4. The van der Waals surface area contributed by atoms with Gasteiger partial charge in [0, 0.05) is 18.8 Å². The molecule has 4 aliphatic rings. The highest BCUT2D eigenvalue weighted by Gasteiger charge is 2.76. The summed E-state index contributed by atoms with van der Waals surface area (Å²) in [6.45, 7) is 8.50. The van der Waals surface area contributed by atoms with Crippen LogP contribution in [0.15, 0.2) is 72.8 Å². The molecule has 0 aliphatic carbocycles. The van der Waals surface area contributed by atoms with Crippen LogP contribution < -0.4 is 9.64 Å². The molecule has 1 unspecified atom stereocenters. The van der Waals surface area contributed by atoms with Crippen molar-refractivity contribution in [1.82, 2.24) is 24.8 Å². The molecule has 12 nitrogen and oxygen atoms in total. The fourth-order valence-electron chi connectivity index (χ4n) is 8.16. The topological polar surface area (TPSA) is 130 Å². The number of aliphatic hydroxyl groups excluding tert-OH is 1. The van der Waals surface area contributed by atoms with E-state index in [1.165, 1.54) is 4.90 Å². The van der Waals surface area contributed by atoms with Crippen LogP contribution in [-0.4, -0.2) is 97.2 Å². The molecule has 3 aromatic rings. The molecule has 2 aromatic carbocycles. The Morgan fingerprint density at radius 2 is 1.71 bits per heavy atom. The number of benzene rings is 2. The highest BCUT2D eigenvalue weighted by molar-refractivity contribution is 6.04. The molecule has 0 saturated carbocycles. The first-order chi connectivity index (χ1) is 23.2. The van der Waals surface area contributed by atoms with E-state index in [0.29, 0.717) is 36.5 Å². The van der Waals surface area contributed by atoms with Gasteiger partial charge in [-0.1, -0.05) is 62.4 Å². The third-order valence-electron chi connectivity index (χ3n) is 10.5. The van der Waals surface area contributed by atoms with Gasteiger partial charge in [0.15, 0.2) is 0 Å². The van der Waals surface area contributed by atoms with E-state index in [1.54, 1.807) is 14.5 Å². The average molecular weight is 655 g/mol. The summed E-state index contributed by atoms with van der Waals surface area (Å²) in [4.78, 5) is 49.5. The standard InChI is InChI=1S/C36H42N6O6/c1-5-35-17-9-20-40(24-13-15-25(16-14-24)47-6-2)32(44)29(35)30-33(45)42(28(21-43)23(3)4)31-34(46)39(19-10-18-36(30,31)48-35)22-41-27-12-8-7-11-26(27)37-38-41/h7-18,23,28-31,43H,5-6,19-22H2,1-4H3/t28-,29-,30-,31?,35+,36-/m0/s1. The number of carbonyl (C=O) groups is 3. The van der Waals surface area contributed by atoms with Crippen LogP contribution in [0.2, 0.25) is 0 Å². The van der Waals surface area contributed by atoms with Crippen LogP contribution in [0.25, 0.3) is 11.0 Å². The van der Waals surface area contributed by atoms with Crippen molar-refractivity contribution in [2.45, 2.75) is 64.1 Å². The number of anilines is 1. The van der Waals surface area contributed by atoms with Gasteiger partial charge in [0.05, 0.1) is 42.2 Å². The summed E-state index contributed by atoms with van der Waals surface area (Å²) in [5.41, 5.74) is -0.422. The van der Waals surface area contributed by atoms with Gasteiger partial charge >= 0.3 is 0 Å². The third kappa shape index (κ3) is 4.75. The first kappa shape index (κ1) is 32.0. The number of likely N-dealkylation sites (tertiary alicyclic amines) is 1. The van der Waals surface area contributed by atoms with Crippen molar-refractivity contribution in [3.05, 3.63) is 72.8 Å². The largest absolute Gasteiger partial charge is 0.494 e. The molecular weight excluding hydrogens is 612 g/mol. The van der Waals surface area contributed by atoms with Gasteiger partial charge in [0.1, 0.15) is 29.6 Å². The van der Waals surface area contributed by atoms with Crippen LogP contribution >= 0.6 is 0 Å². The van der Waals surface area contributed by atoms with E-state index >= 15 is 0 Å². The molecule has 1 spiro atoms. The number of aliphatic hydroxyl groups is 1. The summed E-state index contributed by atoms with van der Waals surface area (Å²) in [7, 11) is 0. The fourth-order valence-corrected chi connectivity index (χ4v) is 8.16. The Bertz CT molecular complexity index is 1790. The van der Waals surface area contributed by atoms with Gasteiger partial charge < -0.3 is 29.3 Å². The zero-order valence-electron chi connectivity index (χ0n) is 27.7. The van der Waals surface area contributed by atoms with E-state index in [2.05, 4.69) is 10.3 Å². The van der Waals surface area contributed by atoms with Gasteiger partial charge in [-0.05, 0) is 55.7 Å². The number of rotatable bonds is 9. The summed E-state index contributed by atoms with van der Waals surface area (Å²) >= 11 is 0. The minimum Gasteiger partial charge on any atom is -0.494 e. The molecule has 0 radical (unpaired) electrons. The van der Waals surface area contributed by atoms with Gasteiger partial charge in [-0.3, -0.25) is 14.4 Å². The Balaban J connectivity index is 1.32. The monoisotopic (exact) mass is 654 g/mol. The lowest BCUT2D eigenvalue weighted by molar-refractivity contribution is -0.157. The van der Waals surface area contributed by atoms with E-state index in [1.807, 2.05) is 101 Å². The number of aromatic nitrogens is 3. The van der Waals surface area contributed by atoms with Crippen LogP contribution in [0, 0.1) is 17.8 Å². The smallest absolute Gasteiger partial charge is 0.250 e. The molecule has 252 valence electrons. The van der Waals surface area contributed by atoms with Crippen LogP contribution in [0.1, 0.15) is 34.1 Å². The van der Waals surface area contributed by atoms with Crippen molar-refractivity contribution in [3.8, 4) is 5.75 Å². The highest BCUT2D eigenvalue weighted by atomic mass is 16.5. The lowest BCUT2D eigenvalue weighted by atomic mass is 9.73. The lowest BCUT2D eigenvalue weighted by Gasteiger charge is -2.41. The third-order valence-corrected chi connectivity index (χ3v) is 10.5. The molecule has 4 aliphatic heterocycles. The van der Waals surface area contributed by atoms with Crippen molar-refractivity contribution >= 4 is 34.4 Å². The molecule has 3 amide bonds. The molecule has 48 heavy (non-hydrogen) atoms. The molecule has 12 heteroatoms. The Kier molecular flexibility index (Phi) is 8.11. The molecule has 0 bridgehead atoms. The summed E-state index contributed by atoms with van der Waals surface area (Å²) in [5.74, 6) is -2.34. The summed E-state index contributed by atoms with van der Waals surface area (Å²) in [6.07, 6.45) is 7.94. The van der Waals surface area contributed by atoms with Crippen molar-refractivity contribution < 1.29 is 29.0 Å². The Labute approximate surface area is 279 Å². The lowest BCUT2D eigenvalue weighted by Crippen LogP contribution is -2.60. The number of para-hydroxylation sites is 1. The van der Waals surface area contributed by atoms with E-state index in [-0.39, 0.29) is 43.5 Å². The SMILES string of the molecule is CCOc1ccc(N2CC=C[C@@]3(CC)O[C@]45C=CCN(Cn6nnc7ccccc76)C(=O)C4N([C@@H](CO)C(C)C)C(=O)[C@@H]5[C@H]3C2=O)cc1. The maximum absolute atomic E-state index is 14.9. The minimum absolute atomic E-state index is 0.0983. The molecule has 2 fully saturated rings. The zero-order valence-corrected chi connectivity index (χ0v) is 27.7. The first-order valence-electron chi connectivity index (χ1n) is 16.8. The van der Waals surface area contributed by atoms with Gasteiger partial charge in [-0.2, -0.15) is 0 Å². The molecule has 6 atom stereocenters. The van der Waals surface area contributed by atoms with Gasteiger partial charge in [0.25, 0.3) is 5.91 Å². The number of ether oxygens (including phenoxy) is 2. The molecule has 7 rings (SSSR count). The maximum atomic E-state index is 14.9. The van der Waals surface area contributed by atoms with Gasteiger partial charge in [-0.15, -0.1) is 5.10 Å². The summed E-state index contributed by atoms with van der Waals surface area (Å²) in [6, 6.07) is 13.1. The second-order valence-electron chi connectivity index (χ2n) is 13.3. The second kappa shape index (κ2) is 12.2. The van der Waals surface area contributed by atoms with Gasteiger partial charge in [-0.25, -0.2) is 4.68 Å². The second-order valence-corrected chi connectivity index (χ2v) is 13.3. The van der Waals surface area contributed by atoms with E-state index in [0.717, 1.165) is 5.52 Å². The number of hydrogen-bond donors (Lipinski definition) is 1. The van der Waals surface area contributed by atoms with Crippen LogP contribution in [-0.2, 0) is 25.8 Å². The molecule has 1 aromatic heterocycles. The first-order valence-corrected chi connectivity index (χ1v) is 16.8. The maximum Gasteiger partial charge on any atom is 0.250 e. The number of nitrogens with zero attached hydrogens (tertiary/aromatic N) is 6. The van der Waals surface area contributed by atoms with Gasteiger partial charge in [0.2, 0.25) is 11.8 Å². The normalized spacial score (nSPS) is 28.9. The predicted molar refractivity (Wildman–Crippen MR) is 178 cm³/mol. The zero-order chi connectivity index (χ0) is 33.8. The number of fused-ring (bicyclic) bond motifs is 3.